The molecule has 2 N–H and O–H groups in total. The van der Waals surface area contributed by atoms with E-state index in [2.05, 4.69) is 22.1 Å². The lowest BCUT2D eigenvalue weighted by Gasteiger charge is -2.04. The fraction of sp³-hybridized carbons (Fsp3) is 0.176. The highest BCUT2D eigenvalue weighted by atomic mass is 16.5. The summed E-state index contributed by atoms with van der Waals surface area (Å²) in [4.78, 5) is 15.5. The Bertz CT molecular complexity index is 658. The molecular formula is C17H16N2O3. The fourth-order valence-electron chi connectivity index (χ4n) is 1.63. The molecule has 112 valence electrons. The number of alkyl carbamates (subject to hydrolysis) is 1. The van der Waals surface area contributed by atoms with Crippen LogP contribution < -0.4 is 5.32 Å². The molecular weight excluding hydrogens is 280 g/mol. The minimum Gasteiger partial charge on any atom is -0.445 e. The van der Waals surface area contributed by atoms with E-state index in [1.54, 1.807) is 18.3 Å². The van der Waals surface area contributed by atoms with E-state index in [4.69, 9.17) is 9.84 Å². The van der Waals surface area contributed by atoms with Gasteiger partial charge < -0.3 is 15.2 Å². The number of hydrogen-bond acceptors (Lipinski definition) is 4. The van der Waals surface area contributed by atoms with E-state index >= 15 is 0 Å². The van der Waals surface area contributed by atoms with Gasteiger partial charge in [-0.2, -0.15) is 0 Å². The first-order valence-corrected chi connectivity index (χ1v) is 6.77. The number of aliphatic hydroxyl groups excluding tert-OH is 1. The van der Waals surface area contributed by atoms with E-state index in [0.29, 0.717) is 5.69 Å². The van der Waals surface area contributed by atoms with Crippen molar-refractivity contribution < 1.29 is 14.6 Å². The van der Waals surface area contributed by atoms with Crippen molar-refractivity contribution in [2.75, 3.05) is 6.54 Å². The molecule has 0 aliphatic heterocycles. The van der Waals surface area contributed by atoms with Gasteiger partial charge in [-0.05, 0) is 17.7 Å². The minimum atomic E-state index is -0.507. The highest BCUT2D eigenvalue weighted by Gasteiger charge is 2.00. The summed E-state index contributed by atoms with van der Waals surface area (Å²) >= 11 is 0. The molecule has 1 aromatic carbocycles. The topological polar surface area (TPSA) is 71.5 Å². The predicted octanol–water partition coefficient (Wildman–Crippen LogP) is 1.85. The number of aromatic nitrogens is 1. The van der Waals surface area contributed by atoms with Gasteiger partial charge in [0.1, 0.15) is 6.61 Å². The van der Waals surface area contributed by atoms with Gasteiger partial charge >= 0.3 is 6.09 Å². The first-order valence-electron chi connectivity index (χ1n) is 6.77. The van der Waals surface area contributed by atoms with Crippen molar-refractivity contribution in [1.82, 2.24) is 10.3 Å². The average Bonchev–Trinajstić information content (AvgIpc) is 2.58. The molecule has 1 amide bonds. The standard InChI is InChI=1S/C17H16N2O3/c20-12-16-9-8-14(11-19-16)7-4-10-18-17(21)22-13-15-5-2-1-3-6-15/h1-3,5-6,8-9,11,20H,10,12-13H2,(H,18,21). The molecule has 0 spiro atoms. The van der Waals surface area contributed by atoms with Crippen LogP contribution in [0.25, 0.3) is 0 Å². The van der Waals surface area contributed by atoms with Gasteiger partial charge in [-0.3, -0.25) is 4.98 Å². The molecule has 0 fully saturated rings. The second kappa shape index (κ2) is 8.45. The van der Waals surface area contributed by atoms with Crippen molar-refractivity contribution in [2.24, 2.45) is 0 Å². The predicted molar refractivity (Wildman–Crippen MR) is 81.7 cm³/mol. The van der Waals surface area contributed by atoms with Gasteiger partial charge in [0.2, 0.25) is 0 Å². The summed E-state index contributed by atoms with van der Waals surface area (Å²) in [6, 6.07) is 12.9. The second-order valence-corrected chi connectivity index (χ2v) is 4.41. The molecule has 0 aliphatic carbocycles. The summed E-state index contributed by atoms with van der Waals surface area (Å²) in [6.07, 6.45) is 1.07. The number of amides is 1. The van der Waals surface area contributed by atoms with Crippen LogP contribution in [0.1, 0.15) is 16.8 Å². The number of benzene rings is 1. The fourth-order valence-corrected chi connectivity index (χ4v) is 1.63. The summed E-state index contributed by atoms with van der Waals surface area (Å²) in [7, 11) is 0. The zero-order valence-corrected chi connectivity index (χ0v) is 12.0. The first kappa shape index (κ1) is 15.5. The Morgan fingerprint density at radius 1 is 1.23 bits per heavy atom. The van der Waals surface area contributed by atoms with Crippen LogP contribution in [0, 0.1) is 11.8 Å². The summed E-state index contributed by atoms with van der Waals surface area (Å²) in [5, 5.41) is 11.4. The Labute approximate surface area is 129 Å². The van der Waals surface area contributed by atoms with Gasteiger partial charge in [-0.25, -0.2) is 4.79 Å². The molecule has 2 aromatic rings. The summed E-state index contributed by atoms with van der Waals surface area (Å²) in [6.45, 7) is 0.324. The molecule has 22 heavy (non-hydrogen) atoms. The monoisotopic (exact) mass is 296 g/mol. The van der Waals surface area contributed by atoms with E-state index in [1.807, 2.05) is 30.3 Å². The number of aliphatic hydroxyl groups is 1. The van der Waals surface area contributed by atoms with E-state index in [9.17, 15) is 4.79 Å². The van der Waals surface area contributed by atoms with Crippen molar-refractivity contribution in [3.8, 4) is 11.8 Å². The zero-order valence-electron chi connectivity index (χ0n) is 12.0. The normalized spacial score (nSPS) is 9.50. The smallest absolute Gasteiger partial charge is 0.408 e. The number of ether oxygens (including phenoxy) is 1. The first-order chi connectivity index (χ1) is 10.8. The van der Waals surface area contributed by atoms with Crippen molar-refractivity contribution in [3.63, 3.8) is 0 Å². The number of pyridine rings is 1. The maximum Gasteiger partial charge on any atom is 0.408 e. The molecule has 0 aliphatic rings. The SMILES string of the molecule is O=C(NCC#Cc1ccc(CO)nc1)OCc1ccccc1. The number of nitrogens with zero attached hydrogens (tertiary/aromatic N) is 1. The lowest BCUT2D eigenvalue weighted by atomic mass is 10.2. The van der Waals surface area contributed by atoms with Crippen molar-refractivity contribution in [3.05, 3.63) is 65.5 Å². The van der Waals surface area contributed by atoms with E-state index in [1.165, 1.54) is 0 Å². The quantitative estimate of drug-likeness (QED) is 0.845. The third-order valence-corrected chi connectivity index (χ3v) is 2.75. The van der Waals surface area contributed by atoms with Gasteiger partial charge in [0, 0.05) is 11.8 Å². The summed E-state index contributed by atoms with van der Waals surface area (Å²) in [5.41, 5.74) is 2.24. The van der Waals surface area contributed by atoms with Gasteiger partial charge in [-0.15, -0.1) is 0 Å². The lowest BCUT2D eigenvalue weighted by molar-refractivity contribution is 0.141. The van der Waals surface area contributed by atoms with Crippen LogP contribution in [0.5, 0.6) is 0 Å². The largest absolute Gasteiger partial charge is 0.445 e. The highest BCUT2D eigenvalue weighted by molar-refractivity contribution is 5.67. The van der Waals surface area contributed by atoms with Gasteiger partial charge in [-0.1, -0.05) is 42.2 Å². The Balaban J connectivity index is 1.71. The molecule has 1 heterocycles. The van der Waals surface area contributed by atoms with Crippen LogP contribution in [0.2, 0.25) is 0 Å². The van der Waals surface area contributed by atoms with Gasteiger partial charge in [0.05, 0.1) is 18.8 Å². The minimum absolute atomic E-state index is 0.0947. The van der Waals surface area contributed by atoms with Crippen molar-refractivity contribution in [2.45, 2.75) is 13.2 Å². The number of carbonyl (C=O) groups is 1. The molecule has 2 rings (SSSR count). The molecule has 0 atom stereocenters. The second-order valence-electron chi connectivity index (χ2n) is 4.41. The Morgan fingerprint density at radius 3 is 2.73 bits per heavy atom. The Morgan fingerprint density at radius 2 is 2.05 bits per heavy atom. The maximum atomic E-state index is 11.5. The van der Waals surface area contributed by atoms with Crippen LogP contribution >= 0.6 is 0 Å². The zero-order chi connectivity index (χ0) is 15.6. The van der Waals surface area contributed by atoms with Crippen LogP contribution in [-0.4, -0.2) is 22.7 Å². The van der Waals surface area contributed by atoms with Crippen LogP contribution in [0.3, 0.4) is 0 Å². The van der Waals surface area contributed by atoms with Gasteiger partial charge in [0.15, 0.2) is 0 Å². The van der Waals surface area contributed by atoms with Crippen molar-refractivity contribution >= 4 is 6.09 Å². The van der Waals surface area contributed by atoms with Gasteiger partial charge in [0.25, 0.3) is 0 Å². The molecule has 0 bridgehead atoms. The van der Waals surface area contributed by atoms with Crippen LogP contribution in [0.4, 0.5) is 4.79 Å². The molecule has 1 aromatic heterocycles. The summed E-state index contributed by atoms with van der Waals surface area (Å²) in [5.74, 6) is 5.66. The average molecular weight is 296 g/mol. The molecule has 0 saturated carbocycles. The van der Waals surface area contributed by atoms with E-state index < -0.39 is 6.09 Å². The van der Waals surface area contributed by atoms with Crippen LogP contribution in [-0.2, 0) is 18.0 Å². The number of rotatable bonds is 4. The Kier molecular flexibility index (Phi) is 5.97. The lowest BCUT2D eigenvalue weighted by Crippen LogP contribution is -2.24. The summed E-state index contributed by atoms with van der Waals surface area (Å²) < 4.78 is 5.05. The van der Waals surface area contributed by atoms with E-state index in [-0.39, 0.29) is 19.8 Å². The molecule has 5 nitrogen and oxygen atoms in total. The Hall–Kier alpha value is -2.84. The molecule has 0 radical (unpaired) electrons. The molecule has 0 unspecified atom stereocenters. The van der Waals surface area contributed by atoms with E-state index in [0.717, 1.165) is 11.1 Å². The number of nitrogens with one attached hydrogen (secondary N) is 1. The van der Waals surface area contributed by atoms with Crippen molar-refractivity contribution in [1.29, 1.82) is 0 Å². The van der Waals surface area contributed by atoms with Crippen LogP contribution in [0.15, 0.2) is 48.7 Å². The molecule has 0 saturated heterocycles. The highest BCUT2D eigenvalue weighted by Crippen LogP contribution is 2.00. The third kappa shape index (κ3) is 5.27. The molecule has 5 heteroatoms. The maximum absolute atomic E-state index is 11.5. The number of carbonyl (C=O) groups excluding carboxylic acids is 1. The third-order valence-electron chi connectivity index (χ3n) is 2.75. The number of hydrogen-bond donors (Lipinski definition) is 2.